The molecule has 0 radical (unpaired) electrons. The molecule has 0 saturated carbocycles. The molecular weight excluding hydrogens is 401 g/mol. The van der Waals surface area contributed by atoms with Crippen LogP contribution in [0.2, 0.25) is 10.0 Å². The van der Waals surface area contributed by atoms with Crippen molar-refractivity contribution in [3.63, 3.8) is 0 Å². The summed E-state index contributed by atoms with van der Waals surface area (Å²) in [4.78, 5) is 26.2. The van der Waals surface area contributed by atoms with Crippen molar-refractivity contribution in [2.24, 2.45) is 0 Å². The molecule has 0 atom stereocenters. The van der Waals surface area contributed by atoms with E-state index < -0.39 is 0 Å². The van der Waals surface area contributed by atoms with E-state index in [4.69, 9.17) is 27.9 Å². The molecule has 7 nitrogen and oxygen atoms in total. The number of ether oxygens (including phenoxy) is 1. The van der Waals surface area contributed by atoms with E-state index in [9.17, 15) is 4.79 Å². The van der Waals surface area contributed by atoms with Crippen molar-refractivity contribution in [1.82, 2.24) is 19.9 Å². The van der Waals surface area contributed by atoms with Crippen LogP contribution in [0.1, 0.15) is 0 Å². The van der Waals surface area contributed by atoms with Gasteiger partial charge in [0.15, 0.2) is 5.82 Å². The molecule has 1 saturated heterocycles. The number of likely N-dealkylation sites (tertiary alicyclic amines) is 1. The quantitative estimate of drug-likeness (QED) is 0.637. The lowest BCUT2D eigenvalue weighted by atomic mass is 10.1. The molecule has 1 N–H and O–H groups in total. The Morgan fingerprint density at radius 1 is 1.21 bits per heavy atom. The first-order valence-corrected chi connectivity index (χ1v) is 9.21. The number of anilines is 2. The molecule has 1 aromatic carbocycles. The molecule has 2 aromatic heterocycles. The van der Waals surface area contributed by atoms with Gasteiger partial charge < -0.3 is 15.0 Å². The van der Waals surface area contributed by atoms with Gasteiger partial charge >= 0.3 is 0 Å². The van der Waals surface area contributed by atoms with Gasteiger partial charge in [-0.3, -0.25) is 4.79 Å². The lowest BCUT2D eigenvalue weighted by Crippen LogP contribution is -2.55. The lowest BCUT2D eigenvalue weighted by molar-refractivity contribution is -0.134. The number of nitrogens with one attached hydrogen (secondary N) is 1. The third kappa shape index (κ3) is 3.72. The zero-order valence-electron chi connectivity index (χ0n) is 14.6. The van der Waals surface area contributed by atoms with E-state index in [1.165, 1.54) is 12.4 Å². The van der Waals surface area contributed by atoms with Crippen molar-refractivity contribution in [2.75, 3.05) is 18.4 Å². The molecule has 28 heavy (non-hydrogen) atoms. The molecule has 0 bridgehead atoms. The number of carbonyl (C=O) groups excluding carboxylic acids is 1. The first-order valence-electron chi connectivity index (χ1n) is 8.45. The summed E-state index contributed by atoms with van der Waals surface area (Å²) >= 11 is 12.0. The highest BCUT2D eigenvalue weighted by Crippen LogP contribution is 2.29. The van der Waals surface area contributed by atoms with Gasteiger partial charge in [-0.2, -0.15) is 0 Å². The maximum Gasteiger partial charge on any atom is 0.246 e. The van der Waals surface area contributed by atoms with Crippen LogP contribution in [-0.2, 0) is 4.79 Å². The summed E-state index contributed by atoms with van der Waals surface area (Å²) in [5.41, 5.74) is 1.95. The zero-order valence-corrected chi connectivity index (χ0v) is 16.1. The fraction of sp³-hybridized carbons (Fsp3) is 0.158. The number of benzene rings is 1. The molecule has 1 aliphatic rings. The Morgan fingerprint density at radius 2 is 2.04 bits per heavy atom. The van der Waals surface area contributed by atoms with Crippen LogP contribution >= 0.6 is 23.2 Å². The predicted molar refractivity (Wildman–Crippen MR) is 108 cm³/mol. The Labute approximate surface area is 171 Å². The predicted octanol–water partition coefficient (Wildman–Crippen LogP) is 3.85. The highest BCUT2D eigenvalue weighted by molar-refractivity contribution is 6.42. The average molecular weight is 416 g/mol. The Morgan fingerprint density at radius 3 is 2.79 bits per heavy atom. The van der Waals surface area contributed by atoms with Gasteiger partial charge in [0.2, 0.25) is 11.8 Å². The largest absolute Gasteiger partial charge is 0.471 e. The number of halogens is 2. The second-order valence-electron chi connectivity index (χ2n) is 6.18. The molecule has 3 heterocycles. The molecule has 3 aromatic rings. The van der Waals surface area contributed by atoms with Crippen molar-refractivity contribution in [1.29, 1.82) is 0 Å². The molecule has 9 heteroatoms. The molecule has 1 aliphatic heterocycles. The van der Waals surface area contributed by atoms with Gasteiger partial charge in [-0.1, -0.05) is 29.8 Å². The van der Waals surface area contributed by atoms with Crippen molar-refractivity contribution in [3.8, 4) is 5.88 Å². The number of pyridine rings is 1. The third-order valence-corrected chi connectivity index (χ3v) is 5.00. The van der Waals surface area contributed by atoms with Gasteiger partial charge in [-0.05, 0) is 30.3 Å². The van der Waals surface area contributed by atoms with E-state index in [-0.39, 0.29) is 12.0 Å². The fourth-order valence-electron chi connectivity index (χ4n) is 2.78. The van der Waals surface area contributed by atoms with Gasteiger partial charge in [-0.25, -0.2) is 15.0 Å². The molecule has 0 unspecified atom stereocenters. The standard InChI is InChI=1S/C19H15Cl2N5O2/c1-2-17(27)26-8-12(9-26)28-16-6-5-15-18(25-16)19(23-10-22-15)24-11-3-4-13(20)14(21)7-11/h2-7,10,12H,1,8-9H2,(H,22,23,24). The van der Waals surface area contributed by atoms with Crippen molar-refractivity contribution < 1.29 is 9.53 Å². The SMILES string of the molecule is C=CC(=O)N1CC(Oc2ccc3ncnc(Nc4ccc(Cl)c(Cl)c4)c3n2)C1. The van der Waals surface area contributed by atoms with Crippen LogP contribution in [0.3, 0.4) is 0 Å². The molecule has 142 valence electrons. The summed E-state index contributed by atoms with van der Waals surface area (Å²) in [5, 5.41) is 4.08. The second-order valence-corrected chi connectivity index (χ2v) is 6.99. The normalized spacial score (nSPS) is 13.9. The number of aromatic nitrogens is 3. The highest BCUT2D eigenvalue weighted by atomic mass is 35.5. The molecule has 0 spiro atoms. The minimum Gasteiger partial charge on any atom is -0.471 e. The summed E-state index contributed by atoms with van der Waals surface area (Å²) in [5.74, 6) is 0.855. The number of amides is 1. The lowest BCUT2D eigenvalue weighted by Gasteiger charge is -2.37. The Hall–Kier alpha value is -2.90. The number of fused-ring (bicyclic) bond motifs is 1. The molecule has 0 aliphatic carbocycles. The van der Waals surface area contributed by atoms with Crippen molar-refractivity contribution in [2.45, 2.75) is 6.10 Å². The fourth-order valence-corrected chi connectivity index (χ4v) is 3.08. The van der Waals surface area contributed by atoms with E-state index in [1.54, 1.807) is 29.2 Å². The first kappa shape index (κ1) is 18.5. The summed E-state index contributed by atoms with van der Waals surface area (Å²) in [6.45, 7) is 4.49. The summed E-state index contributed by atoms with van der Waals surface area (Å²) in [7, 11) is 0. The Kier molecular flexibility index (Phi) is 5.02. The number of rotatable bonds is 5. The minimum atomic E-state index is -0.107. The highest BCUT2D eigenvalue weighted by Gasteiger charge is 2.31. The van der Waals surface area contributed by atoms with E-state index in [0.717, 1.165) is 5.69 Å². The van der Waals surface area contributed by atoms with Gasteiger partial charge in [0.25, 0.3) is 0 Å². The van der Waals surface area contributed by atoms with Crippen LogP contribution in [0, 0.1) is 0 Å². The van der Waals surface area contributed by atoms with Gasteiger partial charge in [0.1, 0.15) is 17.9 Å². The maximum absolute atomic E-state index is 11.5. The summed E-state index contributed by atoms with van der Waals surface area (Å²) in [6, 6.07) is 8.76. The van der Waals surface area contributed by atoms with Crippen molar-refractivity contribution in [3.05, 3.63) is 59.4 Å². The zero-order chi connectivity index (χ0) is 19.7. The van der Waals surface area contributed by atoms with E-state index in [1.807, 2.05) is 6.07 Å². The van der Waals surface area contributed by atoms with Crippen LogP contribution < -0.4 is 10.1 Å². The van der Waals surface area contributed by atoms with Gasteiger partial charge in [0.05, 0.1) is 28.7 Å². The average Bonchev–Trinajstić information content (AvgIpc) is 2.67. The van der Waals surface area contributed by atoms with E-state index in [0.29, 0.717) is 45.9 Å². The smallest absolute Gasteiger partial charge is 0.246 e. The van der Waals surface area contributed by atoms with Crippen LogP contribution in [0.5, 0.6) is 5.88 Å². The number of hydrogen-bond acceptors (Lipinski definition) is 6. The van der Waals surface area contributed by atoms with Crippen LogP contribution in [0.15, 0.2) is 49.3 Å². The molecule has 1 amide bonds. The number of hydrogen-bond donors (Lipinski definition) is 1. The Balaban J connectivity index is 1.55. The Bertz CT molecular complexity index is 1070. The molecular formula is C19H15Cl2N5O2. The van der Waals surface area contributed by atoms with Gasteiger partial charge in [-0.15, -0.1) is 0 Å². The number of carbonyl (C=O) groups is 1. The van der Waals surface area contributed by atoms with Gasteiger partial charge in [0, 0.05) is 11.8 Å². The van der Waals surface area contributed by atoms with E-state index >= 15 is 0 Å². The topological polar surface area (TPSA) is 80.2 Å². The second kappa shape index (κ2) is 7.61. The minimum absolute atomic E-state index is 0.104. The van der Waals surface area contributed by atoms with Crippen LogP contribution in [-0.4, -0.2) is 45.0 Å². The summed E-state index contributed by atoms with van der Waals surface area (Å²) in [6.07, 6.45) is 2.64. The van der Waals surface area contributed by atoms with Crippen LogP contribution in [0.25, 0.3) is 11.0 Å². The maximum atomic E-state index is 11.5. The third-order valence-electron chi connectivity index (χ3n) is 4.26. The van der Waals surface area contributed by atoms with Crippen molar-refractivity contribution >= 4 is 51.6 Å². The van der Waals surface area contributed by atoms with Crippen LogP contribution in [0.4, 0.5) is 11.5 Å². The monoisotopic (exact) mass is 415 g/mol. The first-order chi connectivity index (χ1) is 13.5. The molecule has 1 fully saturated rings. The summed E-state index contributed by atoms with van der Waals surface area (Å²) < 4.78 is 5.86. The molecule has 4 rings (SSSR count). The van der Waals surface area contributed by atoms with E-state index in [2.05, 4.69) is 26.8 Å². The number of nitrogens with zero attached hydrogens (tertiary/aromatic N) is 4.